The van der Waals surface area contributed by atoms with Crippen LogP contribution in [0.4, 0.5) is 11.4 Å². The van der Waals surface area contributed by atoms with Crippen LogP contribution in [-0.4, -0.2) is 23.0 Å². The Morgan fingerprint density at radius 2 is 1.40 bits per heavy atom. The Balaban J connectivity index is 1.43. The lowest BCUT2D eigenvalue weighted by Gasteiger charge is -2.14. The maximum absolute atomic E-state index is 13.3. The molecule has 0 radical (unpaired) electrons. The molecular weight excluding hydrogens is 601 g/mol. The minimum atomic E-state index is -0.535. The zero-order valence-corrected chi connectivity index (χ0v) is 26.2. The molecule has 3 amide bonds. The van der Waals surface area contributed by atoms with Gasteiger partial charge in [0.1, 0.15) is 5.70 Å². The molecule has 220 valence electrons. The molecule has 0 saturated carbocycles. The predicted molar refractivity (Wildman–Crippen MR) is 178 cm³/mol. The Kier molecular flexibility index (Phi) is 11.1. The van der Waals surface area contributed by atoms with Crippen LogP contribution < -0.4 is 16.0 Å². The Bertz CT molecular complexity index is 1620. The van der Waals surface area contributed by atoms with Gasteiger partial charge in [-0.15, -0.1) is 11.8 Å². The maximum atomic E-state index is 13.3. The van der Waals surface area contributed by atoms with Crippen molar-refractivity contribution in [2.45, 2.75) is 36.8 Å². The van der Waals surface area contributed by atoms with Gasteiger partial charge in [0, 0.05) is 31.9 Å². The van der Waals surface area contributed by atoms with Crippen molar-refractivity contribution >= 4 is 70.1 Å². The fraction of sp³-hybridized carbons (Fsp3) is 0.147. The third kappa shape index (κ3) is 9.22. The molecule has 0 fully saturated rings. The summed E-state index contributed by atoms with van der Waals surface area (Å²) in [5.41, 5.74) is 3.39. The summed E-state index contributed by atoms with van der Waals surface area (Å²) in [4.78, 5) is 39.8. The van der Waals surface area contributed by atoms with Crippen LogP contribution in [0.5, 0.6) is 0 Å². The SMILES string of the molecule is CC(Sc1ccc(NC(=O)/C(=C/c2ccc(Cl)cc2Cl)NC(=O)c2ccccc2)cc1)C(=O)Nc1ccc(C(C)C)cc1. The molecule has 6 nitrogen and oxygen atoms in total. The van der Waals surface area contributed by atoms with Crippen molar-refractivity contribution in [3.8, 4) is 0 Å². The first-order valence-electron chi connectivity index (χ1n) is 13.6. The third-order valence-electron chi connectivity index (χ3n) is 6.43. The van der Waals surface area contributed by atoms with Crippen molar-refractivity contribution in [2.24, 2.45) is 0 Å². The van der Waals surface area contributed by atoms with E-state index in [4.69, 9.17) is 23.2 Å². The lowest BCUT2D eigenvalue weighted by Crippen LogP contribution is -2.30. The second-order valence-corrected chi connectivity index (χ2v) is 12.3. The van der Waals surface area contributed by atoms with Crippen LogP contribution in [0, 0.1) is 0 Å². The van der Waals surface area contributed by atoms with Gasteiger partial charge in [0.25, 0.3) is 11.8 Å². The van der Waals surface area contributed by atoms with Crippen LogP contribution in [0.15, 0.2) is 108 Å². The summed E-state index contributed by atoms with van der Waals surface area (Å²) in [6.07, 6.45) is 1.50. The number of hydrogen-bond donors (Lipinski definition) is 3. The fourth-order valence-electron chi connectivity index (χ4n) is 3.98. The van der Waals surface area contributed by atoms with Crippen molar-refractivity contribution in [3.63, 3.8) is 0 Å². The van der Waals surface area contributed by atoms with Crippen LogP contribution in [0.2, 0.25) is 10.0 Å². The highest BCUT2D eigenvalue weighted by Crippen LogP contribution is 2.27. The van der Waals surface area contributed by atoms with E-state index >= 15 is 0 Å². The first-order chi connectivity index (χ1) is 20.6. The van der Waals surface area contributed by atoms with Gasteiger partial charge in [-0.1, -0.05) is 73.4 Å². The molecule has 9 heteroatoms. The zero-order valence-electron chi connectivity index (χ0n) is 23.9. The minimum Gasteiger partial charge on any atom is -0.325 e. The number of carbonyl (C=O) groups excluding carboxylic acids is 3. The summed E-state index contributed by atoms with van der Waals surface area (Å²) in [5.74, 6) is -0.664. The number of anilines is 2. The largest absolute Gasteiger partial charge is 0.325 e. The van der Waals surface area contributed by atoms with Gasteiger partial charge in [-0.05, 0) is 90.7 Å². The van der Waals surface area contributed by atoms with Gasteiger partial charge >= 0.3 is 0 Å². The molecule has 0 bridgehead atoms. The number of hydrogen-bond acceptors (Lipinski definition) is 4. The molecule has 0 aromatic heterocycles. The quantitative estimate of drug-likeness (QED) is 0.121. The average Bonchev–Trinajstić information content (AvgIpc) is 2.99. The highest BCUT2D eigenvalue weighted by Gasteiger charge is 2.17. The second-order valence-electron chi connectivity index (χ2n) is 10.0. The summed E-state index contributed by atoms with van der Waals surface area (Å²) in [5, 5.41) is 8.90. The highest BCUT2D eigenvalue weighted by atomic mass is 35.5. The Morgan fingerprint density at radius 3 is 2.02 bits per heavy atom. The monoisotopic (exact) mass is 631 g/mol. The molecule has 0 saturated heterocycles. The maximum Gasteiger partial charge on any atom is 0.272 e. The van der Waals surface area contributed by atoms with Gasteiger partial charge in [-0.3, -0.25) is 14.4 Å². The van der Waals surface area contributed by atoms with E-state index in [0.717, 1.165) is 10.6 Å². The van der Waals surface area contributed by atoms with Crippen molar-refractivity contribution < 1.29 is 14.4 Å². The van der Waals surface area contributed by atoms with Gasteiger partial charge in [0.05, 0.1) is 5.25 Å². The standard InChI is InChI=1S/C34H31Cl2N3O3S/c1-21(2)23-10-13-27(14-11-23)37-32(40)22(3)43-29-17-15-28(16-18-29)38-34(42)31(19-25-9-12-26(35)20-30(25)36)39-33(41)24-7-5-4-6-8-24/h4-22H,1-3H3,(H,37,40)(H,38,42)(H,39,41)/b31-19-. The summed E-state index contributed by atoms with van der Waals surface area (Å²) >= 11 is 13.8. The lowest BCUT2D eigenvalue weighted by atomic mass is 10.0. The minimum absolute atomic E-state index is 0.00301. The number of halogens is 2. The summed E-state index contributed by atoms with van der Waals surface area (Å²) < 4.78 is 0. The van der Waals surface area contributed by atoms with Crippen molar-refractivity contribution in [2.75, 3.05) is 10.6 Å². The topological polar surface area (TPSA) is 87.3 Å². The van der Waals surface area contributed by atoms with Crippen molar-refractivity contribution in [3.05, 3.63) is 129 Å². The van der Waals surface area contributed by atoms with E-state index in [-0.39, 0.29) is 16.9 Å². The molecular formula is C34H31Cl2N3O3S. The van der Waals surface area contributed by atoms with Gasteiger partial charge in [0.15, 0.2) is 0 Å². The summed E-state index contributed by atoms with van der Waals surface area (Å²) in [6, 6.07) is 28.4. The number of thioether (sulfide) groups is 1. The van der Waals surface area contributed by atoms with Crippen molar-refractivity contribution in [1.82, 2.24) is 5.32 Å². The molecule has 0 aliphatic rings. The normalized spacial score (nSPS) is 12.0. The number of carbonyl (C=O) groups is 3. The van der Waals surface area contributed by atoms with Gasteiger partial charge in [-0.2, -0.15) is 0 Å². The predicted octanol–water partition coefficient (Wildman–Crippen LogP) is 8.65. The number of amides is 3. The molecule has 0 heterocycles. The first kappa shape index (κ1) is 31.9. The summed E-state index contributed by atoms with van der Waals surface area (Å²) in [7, 11) is 0. The number of rotatable bonds is 10. The van der Waals surface area contributed by atoms with E-state index in [2.05, 4.69) is 29.8 Å². The van der Waals surface area contributed by atoms with Crippen LogP contribution in [-0.2, 0) is 9.59 Å². The smallest absolute Gasteiger partial charge is 0.272 e. The van der Waals surface area contributed by atoms with Crippen molar-refractivity contribution in [1.29, 1.82) is 0 Å². The molecule has 0 aliphatic heterocycles. The van der Waals surface area contributed by atoms with E-state index in [1.807, 2.05) is 43.3 Å². The number of nitrogens with one attached hydrogen (secondary N) is 3. The van der Waals surface area contributed by atoms with Crippen LogP contribution in [0.3, 0.4) is 0 Å². The second kappa shape index (κ2) is 14.9. The molecule has 1 unspecified atom stereocenters. The molecule has 4 aromatic rings. The van der Waals surface area contributed by atoms with Gasteiger partial charge in [-0.25, -0.2) is 0 Å². The van der Waals surface area contributed by atoms with E-state index in [1.165, 1.54) is 23.4 Å². The molecule has 1 atom stereocenters. The molecule has 0 spiro atoms. The Labute approximate surface area is 265 Å². The molecule has 4 aromatic carbocycles. The molecule has 0 aliphatic carbocycles. The molecule has 43 heavy (non-hydrogen) atoms. The van der Waals surface area contributed by atoms with E-state index < -0.39 is 11.8 Å². The molecule has 4 rings (SSSR count). The van der Waals surface area contributed by atoms with E-state index in [1.54, 1.807) is 60.7 Å². The Morgan fingerprint density at radius 1 is 0.767 bits per heavy atom. The van der Waals surface area contributed by atoms with Crippen LogP contribution in [0.25, 0.3) is 6.08 Å². The summed E-state index contributed by atoms with van der Waals surface area (Å²) in [6.45, 7) is 6.09. The number of benzene rings is 4. The third-order valence-corrected chi connectivity index (χ3v) is 8.10. The highest BCUT2D eigenvalue weighted by molar-refractivity contribution is 8.00. The van der Waals surface area contributed by atoms with Gasteiger partial charge < -0.3 is 16.0 Å². The van der Waals surface area contributed by atoms with E-state index in [9.17, 15) is 14.4 Å². The van der Waals surface area contributed by atoms with Gasteiger partial charge in [0.2, 0.25) is 5.91 Å². The van der Waals surface area contributed by atoms with Crippen LogP contribution in [0.1, 0.15) is 48.2 Å². The Hall–Kier alpha value is -4.04. The molecule has 3 N–H and O–H groups in total. The average molecular weight is 633 g/mol. The zero-order chi connectivity index (χ0) is 30.9. The van der Waals surface area contributed by atoms with E-state index in [0.29, 0.717) is 32.8 Å². The fourth-order valence-corrected chi connectivity index (χ4v) is 5.32. The first-order valence-corrected chi connectivity index (χ1v) is 15.2. The lowest BCUT2D eigenvalue weighted by molar-refractivity contribution is -0.115. The van der Waals surface area contributed by atoms with Crippen LogP contribution >= 0.6 is 35.0 Å².